The number of hydrogen-bond acceptors (Lipinski definition) is 4. The second-order valence-electron chi connectivity index (χ2n) is 4.46. The molecule has 1 saturated heterocycles. The topological polar surface area (TPSA) is 66.8 Å². The Morgan fingerprint density at radius 2 is 2.11 bits per heavy atom. The van der Waals surface area contributed by atoms with Gasteiger partial charge in [-0.2, -0.15) is 0 Å². The van der Waals surface area contributed by atoms with Gasteiger partial charge in [-0.15, -0.1) is 0 Å². The molecule has 2 rings (SSSR count). The van der Waals surface area contributed by atoms with Gasteiger partial charge < -0.3 is 14.7 Å². The molecule has 0 aromatic carbocycles. The molecule has 0 radical (unpaired) electrons. The number of amides is 1. The number of rotatable bonds is 3. The fourth-order valence-corrected chi connectivity index (χ4v) is 2.45. The highest BCUT2D eigenvalue weighted by Gasteiger charge is 2.51. The zero-order chi connectivity index (χ0) is 14.2. The molecule has 1 fully saturated rings. The number of β-lactam (4-membered cyclic amide) rings is 1. The number of carbonyl (C=O) groups is 2. The number of aliphatic hydroxyl groups is 1. The number of aliphatic hydroxyl groups excluding tert-OH is 1. The number of nitrogens with zero attached hydrogens (tertiary/aromatic N) is 1. The van der Waals surface area contributed by atoms with E-state index in [9.17, 15) is 14.7 Å². The maximum absolute atomic E-state index is 11.8. The van der Waals surface area contributed by atoms with Crippen LogP contribution in [-0.4, -0.2) is 44.6 Å². The molecule has 106 valence electrons. The molecule has 3 unspecified atom stereocenters. The number of halogens is 3. The SMILES string of the molecule is O=C(OCC(Cl)(Cl)Cl)C(O)N1C(=O)C2CC=CCC21. The highest BCUT2D eigenvalue weighted by Crippen LogP contribution is 2.36. The van der Waals surface area contributed by atoms with Gasteiger partial charge in [0.05, 0.1) is 12.0 Å². The quantitative estimate of drug-likeness (QED) is 0.368. The van der Waals surface area contributed by atoms with Crippen molar-refractivity contribution in [3.05, 3.63) is 12.2 Å². The van der Waals surface area contributed by atoms with Crippen LogP contribution in [0.4, 0.5) is 0 Å². The van der Waals surface area contributed by atoms with Crippen LogP contribution in [0.2, 0.25) is 0 Å². The summed E-state index contributed by atoms with van der Waals surface area (Å²) >= 11 is 16.3. The first-order valence-corrected chi connectivity index (χ1v) is 6.83. The van der Waals surface area contributed by atoms with Crippen LogP contribution in [0.1, 0.15) is 12.8 Å². The summed E-state index contributed by atoms with van der Waals surface area (Å²) in [6.07, 6.45) is 3.44. The Morgan fingerprint density at radius 3 is 2.74 bits per heavy atom. The van der Waals surface area contributed by atoms with Crippen LogP contribution in [0.25, 0.3) is 0 Å². The van der Waals surface area contributed by atoms with Gasteiger partial charge in [-0.25, -0.2) is 4.79 Å². The highest BCUT2D eigenvalue weighted by atomic mass is 35.6. The van der Waals surface area contributed by atoms with Crippen LogP contribution < -0.4 is 0 Å². The first-order valence-electron chi connectivity index (χ1n) is 5.70. The molecule has 1 N–H and O–H groups in total. The Balaban J connectivity index is 1.93. The number of allylic oxidation sites excluding steroid dienone is 1. The number of ether oxygens (including phenoxy) is 1. The Bertz CT molecular complexity index is 421. The van der Waals surface area contributed by atoms with E-state index in [4.69, 9.17) is 34.8 Å². The van der Waals surface area contributed by atoms with E-state index in [1.54, 1.807) is 0 Å². The molecule has 1 aliphatic heterocycles. The summed E-state index contributed by atoms with van der Waals surface area (Å²) < 4.78 is 2.91. The molecule has 19 heavy (non-hydrogen) atoms. The normalized spacial score (nSPS) is 27.6. The Kier molecular flexibility index (Phi) is 4.30. The van der Waals surface area contributed by atoms with E-state index in [-0.39, 0.29) is 17.9 Å². The van der Waals surface area contributed by atoms with Gasteiger partial charge in [-0.3, -0.25) is 4.79 Å². The minimum atomic E-state index is -1.75. The van der Waals surface area contributed by atoms with Gasteiger partial charge >= 0.3 is 5.97 Å². The van der Waals surface area contributed by atoms with E-state index in [1.165, 1.54) is 0 Å². The number of fused-ring (bicyclic) bond motifs is 1. The van der Waals surface area contributed by atoms with E-state index in [1.807, 2.05) is 12.2 Å². The fourth-order valence-electron chi connectivity index (χ4n) is 2.29. The third-order valence-electron chi connectivity index (χ3n) is 3.18. The molecule has 1 aliphatic carbocycles. The lowest BCUT2D eigenvalue weighted by molar-refractivity contribution is -0.191. The lowest BCUT2D eigenvalue weighted by Crippen LogP contribution is -2.66. The molecule has 3 atom stereocenters. The molecule has 0 spiro atoms. The predicted molar refractivity (Wildman–Crippen MR) is 69.8 cm³/mol. The fraction of sp³-hybridized carbons (Fsp3) is 0.636. The van der Waals surface area contributed by atoms with Crippen molar-refractivity contribution in [3.63, 3.8) is 0 Å². The summed E-state index contributed by atoms with van der Waals surface area (Å²) in [5.74, 6) is -1.40. The average Bonchev–Trinajstić information content (AvgIpc) is 2.34. The van der Waals surface area contributed by atoms with E-state index in [0.717, 1.165) is 4.90 Å². The molecule has 0 bridgehead atoms. The van der Waals surface area contributed by atoms with Crippen LogP contribution in [0.5, 0.6) is 0 Å². The van der Waals surface area contributed by atoms with Crippen molar-refractivity contribution in [2.45, 2.75) is 28.9 Å². The van der Waals surface area contributed by atoms with E-state index < -0.39 is 22.6 Å². The highest BCUT2D eigenvalue weighted by molar-refractivity contribution is 6.67. The molecule has 1 amide bonds. The third-order valence-corrected chi connectivity index (χ3v) is 3.51. The summed E-state index contributed by atoms with van der Waals surface area (Å²) in [5.41, 5.74) is 0. The van der Waals surface area contributed by atoms with Crippen LogP contribution in [0.15, 0.2) is 12.2 Å². The van der Waals surface area contributed by atoms with Gasteiger partial charge in [0.1, 0.15) is 6.61 Å². The van der Waals surface area contributed by atoms with Crippen molar-refractivity contribution in [2.75, 3.05) is 6.61 Å². The molecule has 5 nitrogen and oxygen atoms in total. The van der Waals surface area contributed by atoms with Gasteiger partial charge in [0.2, 0.25) is 15.9 Å². The second kappa shape index (κ2) is 5.48. The Morgan fingerprint density at radius 1 is 1.47 bits per heavy atom. The van der Waals surface area contributed by atoms with Crippen LogP contribution >= 0.6 is 34.8 Å². The number of likely N-dealkylation sites (tertiary alicyclic amines) is 1. The first-order chi connectivity index (χ1) is 8.81. The monoisotopic (exact) mass is 327 g/mol. The minimum absolute atomic E-state index is 0.152. The maximum Gasteiger partial charge on any atom is 0.356 e. The van der Waals surface area contributed by atoms with Crippen LogP contribution in [0.3, 0.4) is 0 Å². The van der Waals surface area contributed by atoms with E-state index in [0.29, 0.717) is 12.8 Å². The van der Waals surface area contributed by atoms with Gasteiger partial charge in [-0.05, 0) is 12.8 Å². The van der Waals surface area contributed by atoms with Crippen molar-refractivity contribution in [2.24, 2.45) is 5.92 Å². The third kappa shape index (κ3) is 3.16. The first kappa shape index (κ1) is 14.9. The largest absolute Gasteiger partial charge is 0.458 e. The number of esters is 1. The zero-order valence-electron chi connectivity index (χ0n) is 9.76. The number of alkyl halides is 3. The Hall–Kier alpha value is -0.490. The van der Waals surface area contributed by atoms with Crippen molar-refractivity contribution in [1.82, 2.24) is 4.90 Å². The smallest absolute Gasteiger partial charge is 0.356 e. The van der Waals surface area contributed by atoms with E-state index in [2.05, 4.69) is 4.74 Å². The summed E-state index contributed by atoms with van der Waals surface area (Å²) in [4.78, 5) is 24.5. The number of hydrogen-bond donors (Lipinski definition) is 1. The van der Waals surface area contributed by atoms with Gasteiger partial charge in [0, 0.05) is 0 Å². The second-order valence-corrected chi connectivity index (χ2v) is 6.97. The van der Waals surface area contributed by atoms with Crippen LogP contribution in [-0.2, 0) is 14.3 Å². The van der Waals surface area contributed by atoms with Crippen molar-refractivity contribution in [3.8, 4) is 0 Å². The molecule has 0 saturated carbocycles. The standard InChI is InChI=1S/C11H12Cl3NO4/c12-11(13,14)5-19-10(18)9(17)15-7-4-2-1-3-6(7)8(15)16/h1-2,6-7,9,17H,3-5H2. The van der Waals surface area contributed by atoms with Gasteiger partial charge in [0.15, 0.2) is 0 Å². The van der Waals surface area contributed by atoms with Crippen molar-refractivity contribution in [1.29, 1.82) is 0 Å². The van der Waals surface area contributed by atoms with Gasteiger partial charge in [0.25, 0.3) is 0 Å². The predicted octanol–water partition coefficient (Wildman–Crippen LogP) is 1.40. The van der Waals surface area contributed by atoms with Crippen LogP contribution in [0, 0.1) is 5.92 Å². The Labute approximate surface area is 125 Å². The summed E-state index contributed by atoms with van der Waals surface area (Å²) in [7, 11) is 0. The van der Waals surface area contributed by atoms with Crippen molar-refractivity contribution >= 4 is 46.7 Å². The van der Waals surface area contributed by atoms with Crippen molar-refractivity contribution < 1.29 is 19.4 Å². The minimum Gasteiger partial charge on any atom is -0.458 e. The molecule has 0 aromatic rings. The summed E-state index contributed by atoms with van der Waals surface area (Å²) in [5, 5.41) is 9.82. The molecular weight excluding hydrogens is 316 g/mol. The lowest BCUT2D eigenvalue weighted by Gasteiger charge is -2.49. The number of carbonyl (C=O) groups excluding carboxylic acids is 2. The zero-order valence-corrected chi connectivity index (χ0v) is 12.0. The summed E-state index contributed by atoms with van der Waals surface area (Å²) in [6.45, 7) is -0.483. The lowest BCUT2D eigenvalue weighted by atomic mass is 9.79. The van der Waals surface area contributed by atoms with Gasteiger partial charge in [-0.1, -0.05) is 47.0 Å². The summed E-state index contributed by atoms with van der Waals surface area (Å²) in [6, 6.07) is -0.159. The molecular formula is C11H12Cl3NO4. The molecule has 0 aromatic heterocycles. The molecule has 8 heteroatoms. The maximum atomic E-state index is 11.8. The van der Waals surface area contributed by atoms with E-state index >= 15 is 0 Å². The molecule has 1 heterocycles. The molecule has 2 aliphatic rings. The average molecular weight is 329 g/mol.